The molecular formula is C14H14N4O3. The van der Waals surface area contributed by atoms with Crippen LogP contribution in [0.1, 0.15) is 16.2 Å². The fourth-order valence-electron chi connectivity index (χ4n) is 2.11. The molecule has 1 aromatic carbocycles. The lowest BCUT2D eigenvalue weighted by Crippen LogP contribution is -2.03. The number of carbonyl (C=O) groups excluding carboxylic acids is 1. The number of benzene rings is 1. The summed E-state index contributed by atoms with van der Waals surface area (Å²) >= 11 is 0. The van der Waals surface area contributed by atoms with Crippen LogP contribution in [0.25, 0.3) is 11.0 Å². The minimum Gasteiger partial charge on any atom is -0.464 e. The van der Waals surface area contributed by atoms with Crippen LogP contribution in [0.15, 0.2) is 35.1 Å². The van der Waals surface area contributed by atoms with Crippen molar-refractivity contribution in [3.63, 3.8) is 0 Å². The van der Waals surface area contributed by atoms with E-state index < -0.39 is 5.97 Å². The van der Waals surface area contributed by atoms with Crippen molar-refractivity contribution in [2.24, 2.45) is 0 Å². The molecule has 2 heterocycles. The van der Waals surface area contributed by atoms with Gasteiger partial charge in [-0.1, -0.05) is 0 Å². The summed E-state index contributed by atoms with van der Waals surface area (Å²) in [5, 5.41) is 3.21. The molecule has 0 amide bonds. The summed E-state index contributed by atoms with van der Waals surface area (Å²) in [6.45, 7) is 0.525. The Morgan fingerprint density at radius 2 is 1.95 bits per heavy atom. The van der Waals surface area contributed by atoms with Gasteiger partial charge < -0.3 is 25.0 Å². The number of hydrogen-bond donors (Lipinski definition) is 4. The number of imidazole rings is 1. The third kappa shape index (κ3) is 2.66. The second-order valence-electron chi connectivity index (χ2n) is 4.58. The highest BCUT2D eigenvalue weighted by atomic mass is 16.5. The zero-order valence-corrected chi connectivity index (χ0v) is 11.3. The smallest absolute Gasteiger partial charge is 0.354 e. The van der Waals surface area contributed by atoms with E-state index in [0.29, 0.717) is 12.2 Å². The summed E-state index contributed by atoms with van der Waals surface area (Å²) in [5.74, 6) is -0.396. The first-order chi connectivity index (χ1) is 10.2. The lowest BCUT2D eigenvalue weighted by molar-refractivity contribution is 0.0594. The molecule has 0 aliphatic rings. The van der Waals surface area contributed by atoms with Crippen molar-refractivity contribution in [1.29, 1.82) is 0 Å². The Morgan fingerprint density at radius 1 is 1.14 bits per heavy atom. The number of aromatic amines is 3. The molecule has 4 N–H and O–H groups in total. The molecule has 0 radical (unpaired) electrons. The molecule has 0 fully saturated rings. The first-order valence-electron chi connectivity index (χ1n) is 6.38. The summed E-state index contributed by atoms with van der Waals surface area (Å²) < 4.78 is 4.64. The number of fused-ring (bicyclic) bond motifs is 1. The maximum absolute atomic E-state index is 11.3. The van der Waals surface area contributed by atoms with Gasteiger partial charge in [0.25, 0.3) is 0 Å². The van der Waals surface area contributed by atoms with E-state index in [1.807, 2.05) is 24.3 Å². The highest BCUT2D eigenvalue weighted by Crippen LogP contribution is 2.15. The van der Waals surface area contributed by atoms with Crippen molar-refractivity contribution in [1.82, 2.24) is 15.0 Å². The second kappa shape index (κ2) is 5.20. The van der Waals surface area contributed by atoms with Crippen molar-refractivity contribution < 1.29 is 9.53 Å². The predicted octanol–water partition coefficient (Wildman–Crippen LogP) is 1.58. The monoisotopic (exact) mass is 286 g/mol. The molecule has 0 spiro atoms. The maximum Gasteiger partial charge on any atom is 0.354 e. The van der Waals surface area contributed by atoms with Gasteiger partial charge in [-0.15, -0.1) is 0 Å². The van der Waals surface area contributed by atoms with Gasteiger partial charge in [0.05, 0.1) is 24.7 Å². The standard InChI is InChI=1S/C14H14N4O3/c1-21-13(19)11-5-3-9(16-11)7-15-8-2-4-10-12(6-8)18-14(20)17-10/h2-6,15-16H,7H2,1H3,(H2,17,18,20). The topological polar surface area (TPSA) is 103 Å². The van der Waals surface area contributed by atoms with Crippen molar-refractivity contribution in [3.8, 4) is 0 Å². The minimum atomic E-state index is -0.396. The average molecular weight is 286 g/mol. The Kier molecular flexibility index (Phi) is 3.23. The summed E-state index contributed by atoms with van der Waals surface area (Å²) in [6, 6.07) is 9.03. The van der Waals surface area contributed by atoms with Gasteiger partial charge in [0.15, 0.2) is 0 Å². The van der Waals surface area contributed by atoms with Crippen LogP contribution in [0.2, 0.25) is 0 Å². The van der Waals surface area contributed by atoms with Crippen LogP contribution in [0.5, 0.6) is 0 Å². The number of H-pyrrole nitrogens is 3. The van der Waals surface area contributed by atoms with E-state index in [1.165, 1.54) is 7.11 Å². The Balaban J connectivity index is 1.72. The number of nitrogens with one attached hydrogen (secondary N) is 4. The Morgan fingerprint density at radius 3 is 2.76 bits per heavy atom. The van der Waals surface area contributed by atoms with Crippen LogP contribution in [-0.4, -0.2) is 28.0 Å². The number of methoxy groups -OCH3 is 1. The molecule has 0 aliphatic carbocycles. The highest BCUT2D eigenvalue weighted by Gasteiger charge is 2.07. The molecule has 0 saturated carbocycles. The lowest BCUT2D eigenvalue weighted by atomic mass is 10.2. The SMILES string of the molecule is COC(=O)c1ccc(CNc2ccc3[nH]c(=O)[nH]c3c2)[nH]1. The van der Waals surface area contributed by atoms with Gasteiger partial charge in [-0.25, -0.2) is 9.59 Å². The van der Waals surface area contributed by atoms with E-state index in [9.17, 15) is 9.59 Å². The molecule has 0 bridgehead atoms. The molecule has 3 rings (SSSR count). The highest BCUT2D eigenvalue weighted by molar-refractivity contribution is 5.87. The van der Waals surface area contributed by atoms with E-state index in [4.69, 9.17) is 0 Å². The second-order valence-corrected chi connectivity index (χ2v) is 4.58. The minimum absolute atomic E-state index is 0.228. The first kappa shape index (κ1) is 13.0. The molecule has 0 aliphatic heterocycles. The molecular weight excluding hydrogens is 272 g/mol. The number of ether oxygens (including phenoxy) is 1. The van der Waals surface area contributed by atoms with Crippen molar-refractivity contribution in [2.75, 3.05) is 12.4 Å². The van der Waals surface area contributed by atoms with E-state index in [-0.39, 0.29) is 5.69 Å². The van der Waals surface area contributed by atoms with Crippen LogP contribution in [0.4, 0.5) is 5.69 Å². The molecule has 108 valence electrons. The van der Waals surface area contributed by atoms with Gasteiger partial charge in [0, 0.05) is 11.4 Å². The first-order valence-corrected chi connectivity index (χ1v) is 6.38. The Bertz CT molecular complexity index is 843. The summed E-state index contributed by atoms with van der Waals surface area (Å²) in [6.07, 6.45) is 0. The number of aromatic nitrogens is 3. The van der Waals surface area contributed by atoms with E-state index in [2.05, 4.69) is 25.0 Å². The molecule has 7 heteroatoms. The summed E-state index contributed by atoms with van der Waals surface area (Å²) in [4.78, 5) is 30.9. The molecule has 7 nitrogen and oxygen atoms in total. The normalized spacial score (nSPS) is 10.7. The van der Waals surface area contributed by atoms with E-state index >= 15 is 0 Å². The Hall–Kier alpha value is -2.96. The molecule has 0 atom stereocenters. The van der Waals surface area contributed by atoms with Gasteiger partial charge in [0.2, 0.25) is 0 Å². The van der Waals surface area contributed by atoms with Gasteiger partial charge >= 0.3 is 11.7 Å². The fraction of sp³-hybridized carbons (Fsp3) is 0.143. The number of rotatable bonds is 4. The lowest BCUT2D eigenvalue weighted by Gasteiger charge is -2.05. The fourth-order valence-corrected chi connectivity index (χ4v) is 2.11. The van der Waals surface area contributed by atoms with Crippen LogP contribution in [0, 0.1) is 0 Å². The third-order valence-electron chi connectivity index (χ3n) is 3.15. The Labute approximate surface area is 119 Å². The quantitative estimate of drug-likeness (QED) is 0.547. The van der Waals surface area contributed by atoms with Crippen LogP contribution in [-0.2, 0) is 11.3 Å². The van der Waals surface area contributed by atoms with Crippen LogP contribution < -0.4 is 11.0 Å². The van der Waals surface area contributed by atoms with Gasteiger partial charge in [-0.05, 0) is 30.3 Å². The van der Waals surface area contributed by atoms with Gasteiger partial charge in [0.1, 0.15) is 5.69 Å². The summed E-state index contributed by atoms with van der Waals surface area (Å²) in [5.41, 5.74) is 3.42. The van der Waals surface area contributed by atoms with E-state index in [0.717, 1.165) is 22.4 Å². The predicted molar refractivity (Wildman–Crippen MR) is 78.4 cm³/mol. The van der Waals surface area contributed by atoms with E-state index in [1.54, 1.807) is 6.07 Å². The largest absolute Gasteiger partial charge is 0.464 e. The van der Waals surface area contributed by atoms with Crippen molar-refractivity contribution >= 4 is 22.7 Å². The maximum atomic E-state index is 11.3. The molecule has 0 saturated heterocycles. The van der Waals surface area contributed by atoms with Crippen LogP contribution in [0.3, 0.4) is 0 Å². The average Bonchev–Trinajstić information content (AvgIpc) is 3.09. The summed E-state index contributed by atoms with van der Waals surface area (Å²) in [7, 11) is 1.34. The molecule has 21 heavy (non-hydrogen) atoms. The molecule has 2 aromatic heterocycles. The number of anilines is 1. The number of hydrogen-bond acceptors (Lipinski definition) is 4. The van der Waals surface area contributed by atoms with Crippen molar-refractivity contribution in [3.05, 3.63) is 52.2 Å². The number of carbonyl (C=O) groups is 1. The third-order valence-corrected chi connectivity index (χ3v) is 3.15. The molecule has 0 unspecified atom stereocenters. The van der Waals surface area contributed by atoms with Crippen LogP contribution >= 0.6 is 0 Å². The number of esters is 1. The van der Waals surface area contributed by atoms with Gasteiger partial charge in [-0.3, -0.25) is 0 Å². The molecule has 3 aromatic rings. The van der Waals surface area contributed by atoms with Crippen molar-refractivity contribution in [2.45, 2.75) is 6.54 Å². The zero-order valence-electron chi connectivity index (χ0n) is 11.3. The van der Waals surface area contributed by atoms with Gasteiger partial charge in [-0.2, -0.15) is 0 Å². The zero-order chi connectivity index (χ0) is 14.8.